The van der Waals surface area contributed by atoms with Crippen LogP contribution in [0.4, 0.5) is 4.39 Å². The normalized spacial score (nSPS) is 19.2. The molecule has 5 heteroatoms. The summed E-state index contributed by atoms with van der Waals surface area (Å²) in [6.45, 7) is 3.95. The summed E-state index contributed by atoms with van der Waals surface area (Å²) in [5.74, 6) is 0.0684. The largest absolute Gasteiger partial charge is 0.339 e. The second-order valence-corrected chi connectivity index (χ2v) is 6.56. The first-order chi connectivity index (χ1) is 11.1. The third-order valence-electron chi connectivity index (χ3n) is 4.99. The number of amides is 2. The quantitative estimate of drug-likeness (QED) is 0.841. The summed E-state index contributed by atoms with van der Waals surface area (Å²) in [5.41, 5.74) is 0.991. The molecular weight excluding hydrogens is 295 g/mol. The van der Waals surface area contributed by atoms with Crippen molar-refractivity contribution in [2.75, 3.05) is 26.2 Å². The molecule has 1 saturated heterocycles. The molecule has 0 N–H and O–H groups in total. The molecule has 0 radical (unpaired) electrons. The van der Waals surface area contributed by atoms with E-state index in [0.717, 1.165) is 25.7 Å². The SMILES string of the molecule is Cc1cc(C(=O)N2CCN(C(=O)C3CCCC3)CC2)ccc1F. The van der Waals surface area contributed by atoms with Gasteiger partial charge in [-0.1, -0.05) is 12.8 Å². The molecule has 1 aromatic carbocycles. The number of benzene rings is 1. The monoisotopic (exact) mass is 318 g/mol. The third kappa shape index (κ3) is 3.38. The van der Waals surface area contributed by atoms with E-state index in [4.69, 9.17) is 0 Å². The van der Waals surface area contributed by atoms with Crippen LogP contribution in [0.25, 0.3) is 0 Å². The first kappa shape index (κ1) is 16.0. The summed E-state index contributed by atoms with van der Waals surface area (Å²) in [4.78, 5) is 28.6. The van der Waals surface area contributed by atoms with Crippen LogP contribution in [0.15, 0.2) is 18.2 Å². The van der Waals surface area contributed by atoms with Gasteiger partial charge in [0.05, 0.1) is 0 Å². The molecule has 0 bridgehead atoms. The minimum atomic E-state index is -0.298. The highest BCUT2D eigenvalue weighted by molar-refractivity contribution is 5.94. The molecule has 1 aliphatic carbocycles. The summed E-state index contributed by atoms with van der Waals surface area (Å²) in [5, 5.41) is 0. The van der Waals surface area contributed by atoms with Crippen LogP contribution in [0.3, 0.4) is 0 Å². The van der Waals surface area contributed by atoms with E-state index in [2.05, 4.69) is 0 Å². The van der Waals surface area contributed by atoms with E-state index >= 15 is 0 Å². The Morgan fingerprint density at radius 3 is 2.26 bits per heavy atom. The van der Waals surface area contributed by atoms with E-state index in [1.54, 1.807) is 17.9 Å². The second kappa shape index (κ2) is 6.69. The van der Waals surface area contributed by atoms with Gasteiger partial charge >= 0.3 is 0 Å². The maximum Gasteiger partial charge on any atom is 0.253 e. The van der Waals surface area contributed by atoms with E-state index < -0.39 is 0 Å². The van der Waals surface area contributed by atoms with Gasteiger partial charge in [0, 0.05) is 37.7 Å². The summed E-state index contributed by atoms with van der Waals surface area (Å²) in [6.07, 6.45) is 4.32. The highest BCUT2D eigenvalue weighted by Crippen LogP contribution is 2.27. The average Bonchev–Trinajstić information content (AvgIpc) is 3.11. The second-order valence-electron chi connectivity index (χ2n) is 6.56. The van der Waals surface area contributed by atoms with Gasteiger partial charge in [0.25, 0.3) is 5.91 Å². The van der Waals surface area contributed by atoms with Gasteiger partial charge in [0.15, 0.2) is 0 Å². The Morgan fingerprint density at radius 1 is 1.04 bits per heavy atom. The molecule has 2 aliphatic rings. The number of nitrogens with zero attached hydrogens (tertiary/aromatic N) is 2. The van der Waals surface area contributed by atoms with Crippen LogP contribution < -0.4 is 0 Å². The van der Waals surface area contributed by atoms with Gasteiger partial charge in [-0.25, -0.2) is 4.39 Å². The first-order valence-corrected chi connectivity index (χ1v) is 8.40. The zero-order valence-electron chi connectivity index (χ0n) is 13.6. The highest BCUT2D eigenvalue weighted by atomic mass is 19.1. The number of hydrogen-bond acceptors (Lipinski definition) is 2. The van der Waals surface area contributed by atoms with Crippen molar-refractivity contribution in [1.29, 1.82) is 0 Å². The van der Waals surface area contributed by atoms with Crippen LogP contribution in [-0.4, -0.2) is 47.8 Å². The maximum atomic E-state index is 13.3. The lowest BCUT2D eigenvalue weighted by Gasteiger charge is -2.36. The molecule has 2 amide bonds. The highest BCUT2D eigenvalue weighted by Gasteiger charge is 2.30. The number of carbonyl (C=O) groups is 2. The molecule has 0 atom stereocenters. The van der Waals surface area contributed by atoms with Crippen molar-refractivity contribution in [3.63, 3.8) is 0 Å². The lowest BCUT2D eigenvalue weighted by Crippen LogP contribution is -2.51. The van der Waals surface area contributed by atoms with Crippen LogP contribution in [-0.2, 0) is 4.79 Å². The molecule has 1 saturated carbocycles. The molecule has 3 rings (SSSR count). The number of hydrogen-bond donors (Lipinski definition) is 0. The Balaban J connectivity index is 1.58. The average molecular weight is 318 g/mol. The number of piperazine rings is 1. The fourth-order valence-corrected chi connectivity index (χ4v) is 3.52. The number of rotatable bonds is 2. The van der Waals surface area contributed by atoms with Gasteiger partial charge < -0.3 is 9.80 Å². The van der Waals surface area contributed by atoms with Crippen LogP contribution >= 0.6 is 0 Å². The number of halogens is 1. The Kier molecular flexibility index (Phi) is 4.64. The van der Waals surface area contributed by atoms with Gasteiger partial charge in [-0.15, -0.1) is 0 Å². The molecule has 2 fully saturated rings. The molecule has 23 heavy (non-hydrogen) atoms. The van der Waals surface area contributed by atoms with Crippen molar-refractivity contribution in [3.05, 3.63) is 35.1 Å². The zero-order valence-corrected chi connectivity index (χ0v) is 13.6. The summed E-state index contributed by atoms with van der Waals surface area (Å²) in [6, 6.07) is 4.46. The van der Waals surface area contributed by atoms with E-state index in [0.29, 0.717) is 37.3 Å². The van der Waals surface area contributed by atoms with E-state index in [9.17, 15) is 14.0 Å². The number of aryl methyl sites for hydroxylation is 1. The minimum absolute atomic E-state index is 0.0823. The summed E-state index contributed by atoms with van der Waals surface area (Å²) < 4.78 is 13.3. The molecule has 1 heterocycles. The van der Waals surface area contributed by atoms with E-state index in [-0.39, 0.29) is 23.5 Å². The van der Waals surface area contributed by atoms with E-state index in [1.165, 1.54) is 12.1 Å². The molecular formula is C18H23FN2O2. The smallest absolute Gasteiger partial charge is 0.253 e. The standard InChI is InChI=1S/C18H23FN2O2/c1-13-12-15(6-7-16(13)19)18(23)21-10-8-20(9-11-21)17(22)14-4-2-3-5-14/h6-7,12,14H,2-5,8-11H2,1H3. The van der Waals surface area contributed by atoms with Crippen LogP contribution in [0, 0.1) is 18.7 Å². The predicted octanol–water partition coefficient (Wildman–Crippen LogP) is 2.61. The molecule has 0 aromatic heterocycles. The minimum Gasteiger partial charge on any atom is -0.339 e. The van der Waals surface area contributed by atoms with E-state index in [1.807, 2.05) is 4.90 Å². The first-order valence-electron chi connectivity index (χ1n) is 8.40. The molecule has 1 aromatic rings. The van der Waals surface area contributed by atoms with Gasteiger partial charge in [0.1, 0.15) is 5.82 Å². The van der Waals surface area contributed by atoms with Gasteiger partial charge in [-0.3, -0.25) is 9.59 Å². The third-order valence-corrected chi connectivity index (χ3v) is 4.99. The van der Waals surface area contributed by atoms with Gasteiger partial charge in [-0.05, 0) is 43.5 Å². The summed E-state index contributed by atoms with van der Waals surface area (Å²) >= 11 is 0. The zero-order chi connectivity index (χ0) is 16.4. The maximum absolute atomic E-state index is 13.3. The van der Waals surface area contributed by atoms with Crippen molar-refractivity contribution in [1.82, 2.24) is 9.80 Å². The Morgan fingerprint density at radius 2 is 1.65 bits per heavy atom. The molecule has 124 valence electrons. The van der Waals surface area contributed by atoms with Crippen LogP contribution in [0.2, 0.25) is 0 Å². The topological polar surface area (TPSA) is 40.6 Å². The Bertz CT molecular complexity index is 603. The van der Waals surface area contributed by atoms with Crippen LogP contribution in [0.1, 0.15) is 41.6 Å². The lowest BCUT2D eigenvalue weighted by atomic mass is 10.1. The lowest BCUT2D eigenvalue weighted by molar-refractivity contribution is -0.136. The Labute approximate surface area is 136 Å². The molecule has 1 aliphatic heterocycles. The molecule has 0 spiro atoms. The van der Waals surface area contributed by atoms with Gasteiger partial charge in [0.2, 0.25) is 5.91 Å². The van der Waals surface area contributed by atoms with Crippen molar-refractivity contribution in [3.8, 4) is 0 Å². The fraction of sp³-hybridized carbons (Fsp3) is 0.556. The van der Waals surface area contributed by atoms with Crippen molar-refractivity contribution in [2.24, 2.45) is 5.92 Å². The summed E-state index contributed by atoms with van der Waals surface area (Å²) in [7, 11) is 0. The molecule has 4 nitrogen and oxygen atoms in total. The fourth-order valence-electron chi connectivity index (χ4n) is 3.52. The van der Waals surface area contributed by atoms with Crippen molar-refractivity contribution < 1.29 is 14.0 Å². The van der Waals surface area contributed by atoms with Crippen LogP contribution in [0.5, 0.6) is 0 Å². The van der Waals surface area contributed by atoms with Crippen molar-refractivity contribution in [2.45, 2.75) is 32.6 Å². The van der Waals surface area contributed by atoms with Gasteiger partial charge in [-0.2, -0.15) is 0 Å². The molecule has 0 unspecified atom stereocenters. The number of carbonyl (C=O) groups excluding carboxylic acids is 2. The Hall–Kier alpha value is -1.91. The van der Waals surface area contributed by atoms with Crippen molar-refractivity contribution >= 4 is 11.8 Å². The predicted molar refractivity (Wildman–Crippen MR) is 85.6 cm³/mol.